The second kappa shape index (κ2) is 16.6. The standard InChI is InChI=1S/C88H46O4/c1-3-27-53-47(21-1)59(45-77-79(53)55-29-9-17-37-73(55)89-77)61-41-71-81(83-57-31-11-19-39-75(57)91-85(61)83)63-43-70-64(44-69(63)87(71)65-33-13-5-23-49(65)50-24-6-14-34-66(50)87)82-72(88(70)67-35-15-7-25-51(67)52-26-8-16-36-68(52)88)42-62(86-84(82)58-32-12-20-40-76(58)92-86)60-46-78-80(54-28-4-2-22-48(54)60)56-30-10-18-38-74(56)90-78/h1-46H. The summed E-state index contributed by atoms with van der Waals surface area (Å²) in [6.45, 7) is 0. The van der Waals surface area contributed by atoms with Gasteiger partial charge in [0, 0.05) is 54.2 Å². The molecular formula is C88H46O4. The lowest BCUT2D eigenvalue weighted by atomic mass is 9.68. The molecule has 4 nitrogen and oxygen atoms in total. The summed E-state index contributed by atoms with van der Waals surface area (Å²) in [5.74, 6) is 0. The number of hydrogen-bond donors (Lipinski definition) is 0. The lowest BCUT2D eigenvalue weighted by molar-refractivity contribution is 0.667. The third-order valence-corrected chi connectivity index (χ3v) is 21.9. The largest absolute Gasteiger partial charge is 0.456 e. The van der Waals surface area contributed by atoms with Gasteiger partial charge in [0.2, 0.25) is 0 Å². The van der Waals surface area contributed by atoms with Crippen LogP contribution in [0.5, 0.6) is 0 Å². The topological polar surface area (TPSA) is 52.6 Å². The third kappa shape index (κ3) is 5.50. The third-order valence-electron chi connectivity index (χ3n) is 21.9. The van der Waals surface area contributed by atoms with Crippen LogP contribution in [0.25, 0.3) is 176 Å². The lowest BCUT2D eigenvalue weighted by Crippen LogP contribution is -2.27. The van der Waals surface area contributed by atoms with E-state index in [-0.39, 0.29) is 0 Å². The molecule has 23 rings (SSSR count). The van der Waals surface area contributed by atoms with Crippen molar-refractivity contribution in [1.82, 2.24) is 0 Å². The Morgan fingerprint density at radius 3 is 0.826 bits per heavy atom. The average molecular weight is 1170 g/mol. The fourth-order valence-electron chi connectivity index (χ4n) is 18.5. The second-order valence-corrected chi connectivity index (χ2v) is 25.8. The zero-order valence-electron chi connectivity index (χ0n) is 49.2. The number of hydrogen-bond acceptors (Lipinski definition) is 4. The van der Waals surface area contributed by atoms with Crippen LogP contribution in [0.3, 0.4) is 0 Å². The fourth-order valence-corrected chi connectivity index (χ4v) is 18.5. The molecule has 0 saturated heterocycles. The molecule has 15 aromatic carbocycles. The molecule has 0 N–H and O–H groups in total. The quantitative estimate of drug-likeness (QED) is 0.173. The first-order valence-electron chi connectivity index (χ1n) is 31.9. The molecule has 4 heterocycles. The summed E-state index contributed by atoms with van der Waals surface area (Å²) in [7, 11) is 0. The van der Waals surface area contributed by atoms with Crippen molar-refractivity contribution < 1.29 is 17.7 Å². The van der Waals surface area contributed by atoms with E-state index in [0.717, 1.165) is 132 Å². The molecule has 4 aliphatic carbocycles. The summed E-state index contributed by atoms with van der Waals surface area (Å²) in [5, 5.41) is 13.4. The van der Waals surface area contributed by atoms with Crippen molar-refractivity contribution >= 4 is 109 Å². The smallest absolute Gasteiger partial charge is 0.143 e. The Balaban J connectivity index is 0.911. The summed E-state index contributed by atoms with van der Waals surface area (Å²) >= 11 is 0. The van der Waals surface area contributed by atoms with Crippen molar-refractivity contribution in [2.45, 2.75) is 10.8 Å². The number of para-hydroxylation sites is 4. The highest BCUT2D eigenvalue weighted by molar-refractivity contribution is 6.28. The molecular weight excluding hydrogens is 1120 g/mol. The van der Waals surface area contributed by atoms with Gasteiger partial charge < -0.3 is 17.7 Å². The summed E-state index contributed by atoms with van der Waals surface area (Å²) in [5.41, 5.74) is 29.3. The van der Waals surface area contributed by atoms with Crippen molar-refractivity contribution in [3.63, 3.8) is 0 Å². The first-order valence-corrected chi connectivity index (χ1v) is 31.9. The highest BCUT2D eigenvalue weighted by atomic mass is 16.3. The molecule has 0 bridgehead atoms. The Morgan fingerprint density at radius 2 is 0.457 bits per heavy atom. The minimum atomic E-state index is -0.784. The number of fused-ring (bicyclic) bond motifs is 38. The molecule has 2 spiro atoms. The maximum atomic E-state index is 7.48. The normalized spacial score (nSPS) is 14.3. The van der Waals surface area contributed by atoms with Gasteiger partial charge >= 0.3 is 0 Å². The molecule has 0 fully saturated rings. The number of furan rings is 4. The predicted octanol–water partition coefficient (Wildman–Crippen LogP) is 23.6. The average Bonchev–Trinajstić information content (AvgIpc) is 1.48. The fraction of sp³-hybridized carbons (Fsp3) is 0.0227. The maximum Gasteiger partial charge on any atom is 0.143 e. The monoisotopic (exact) mass is 1170 g/mol. The predicted molar refractivity (Wildman–Crippen MR) is 374 cm³/mol. The minimum Gasteiger partial charge on any atom is -0.456 e. The van der Waals surface area contributed by atoms with Gasteiger partial charge in [0.1, 0.15) is 44.7 Å². The number of rotatable bonds is 2. The van der Waals surface area contributed by atoms with Gasteiger partial charge in [-0.15, -0.1) is 0 Å². The molecule has 0 amide bonds. The van der Waals surface area contributed by atoms with Gasteiger partial charge in [-0.2, -0.15) is 0 Å². The molecule has 4 aromatic heterocycles. The van der Waals surface area contributed by atoms with E-state index in [1.807, 2.05) is 0 Å². The summed E-state index contributed by atoms with van der Waals surface area (Å²) < 4.78 is 28.7. The van der Waals surface area contributed by atoms with Crippen molar-refractivity contribution in [2.75, 3.05) is 0 Å². The van der Waals surface area contributed by atoms with Crippen LogP contribution >= 0.6 is 0 Å². The van der Waals surface area contributed by atoms with E-state index in [1.54, 1.807) is 0 Å². The van der Waals surface area contributed by atoms with Crippen LogP contribution < -0.4 is 0 Å². The molecule has 4 heteroatoms. The first kappa shape index (κ1) is 48.0. The lowest BCUT2D eigenvalue weighted by Gasteiger charge is -2.32. The Morgan fingerprint density at radius 1 is 0.174 bits per heavy atom. The van der Waals surface area contributed by atoms with Crippen LogP contribution in [0.4, 0.5) is 0 Å². The number of benzene rings is 15. The molecule has 0 atom stereocenters. The van der Waals surface area contributed by atoms with Crippen LogP contribution in [0.2, 0.25) is 0 Å². The summed E-state index contributed by atoms with van der Waals surface area (Å²) in [6, 6.07) is 104. The van der Waals surface area contributed by atoms with Gasteiger partial charge in [-0.1, -0.05) is 218 Å². The van der Waals surface area contributed by atoms with Gasteiger partial charge in [-0.05, 0) is 182 Å². The Labute approximate surface area is 525 Å². The van der Waals surface area contributed by atoms with E-state index in [0.29, 0.717) is 0 Å². The van der Waals surface area contributed by atoms with E-state index in [4.69, 9.17) is 17.7 Å². The van der Waals surface area contributed by atoms with Crippen molar-refractivity contribution in [3.8, 4) is 66.8 Å². The molecule has 422 valence electrons. The summed E-state index contributed by atoms with van der Waals surface area (Å²) in [6.07, 6.45) is 0. The molecule has 0 unspecified atom stereocenters. The highest BCUT2D eigenvalue weighted by Gasteiger charge is 2.58. The van der Waals surface area contributed by atoms with Crippen molar-refractivity contribution in [1.29, 1.82) is 0 Å². The Bertz CT molecular complexity index is 6160. The Hall–Kier alpha value is -12.0. The molecule has 19 aromatic rings. The van der Waals surface area contributed by atoms with Crippen molar-refractivity contribution in [3.05, 3.63) is 324 Å². The van der Waals surface area contributed by atoms with Gasteiger partial charge in [-0.25, -0.2) is 0 Å². The van der Waals surface area contributed by atoms with Crippen LogP contribution in [-0.4, -0.2) is 0 Å². The van der Waals surface area contributed by atoms with Gasteiger partial charge in [-0.3, -0.25) is 0 Å². The molecule has 0 radical (unpaired) electrons. The molecule has 92 heavy (non-hydrogen) atoms. The van der Waals surface area contributed by atoms with Crippen LogP contribution in [-0.2, 0) is 10.8 Å². The van der Waals surface area contributed by atoms with Crippen LogP contribution in [0, 0.1) is 0 Å². The second-order valence-electron chi connectivity index (χ2n) is 25.8. The van der Waals surface area contributed by atoms with E-state index < -0.39 is 10.8 Å². The van der Waals surface area contributed by atoms with Gasteiger partial charge in [0.05, 0.1) is 10.8 Å². The maximum absolute atomic E-state index is 7.48. The van der Waals surface area contributed by atoms with E-state index in [1.165, 1.54) is 89.0 Å². The van der Waals surface area contributed by atoms with E-state index in [9.17, 15) is 0 Å². The molecule has 0 aliphatic heterocycles. The van der Waals surface area contributed by atoms with Gasteiger partial charge in [0.15, 0.2) is 0 Å². The highest BCUT2D eigenvalue weighted by Crippen LogP contribution is 2.71. The Kier molecular flexibility index (Phi) is 8.68. The van der Waals surface area contributed by atoms with E-state index >= 15 is 0 Å². The first-order chi connectivity index (χ1) is 45.6. The van der Waals surface area contributed by atoms with Crippen LogP contribution in [0.1, 0.15) is 44.5 Å². The minimum absolute atomic E-state index is 0.784. The SMILES string of the molecule is c1ccc2c(c1)-c1ccccc1C21c2cc3c(cc2-c2c1cc(-c1cc4oc5ccccc5c4c4ccccc14)c1oc4ccccc4c21)C1(c2ccccc2-c2ccccc21)c1cc(-c2cc4oc5ccccc5c4c4ccccc24)c2oc4ccccc4c2c1-3. The molecule has 0 saturated carbocycles. The van der Waals surface area contributed by atoms with Crippen LogP contribution in [0.15, 0.2) is 297 Å². The van der Waals surface area contributed by atoms with E-state index in [2.05, 4.69) is 279 Å². The van der Waals surface area contributed by atoms with Gasteiger partial charge in [0.25, 0.3) is 0 Å². The molecule has 4 aliphatic rings. The zero-order chi connectivity index (χ0) is 59.4. The van der Waals surface area contributed by atoms with Crippen molar-refractivity contribution in [2.24, 2.45) is 0 Å². The zero-order valence-corrected chi connectivity index (χ0v) is 49.2. The summed E-state index contributed by atoms with van der Waals surface area (Å²) in [4.78, 5) is 0.